The maximum atomic E-state index is 6.68. The lowest BCUT2D eigenvalue weighted by atomic mass is 9.48. The molecule has 4 heteroatoms. The van der Waals surface area contributed by atoms with E-state index in [-0.39, 0.29) is 0 Å². The van der Waals surface area contributed by atoms with Crippen LogP contribution in [0.1, 0.15) is 38.5 Å². The van der Waals surface area contributed by atoms with Gasteiger partial charge in [0.2, 0.25) is 0 Å². The van der Waals surface area contributed by atoms with E-state index < -0.39 is 0 Å². The Bertz CT molecular complexity index is 481. The zero-order chi connectivity index (χ0) is 14.4. The zero-order valence-corrected chi connectivity index (χ0v) is 13.9. The van der Waals surface area contributed by atoms with Crippen molar-refractivity contribution in [1.29, 1.82) is 0 Å². The fourth-order valence-electron chi connectivity index (χ4n) is 5.43. The number of thioether (sulfide) groups is 1. The third-order valence-electron chi connectivity index (χ3n) is 5.98. The minimum absolute atomic E-state index is 0.313. The summed E-state index contributed by atoms with van der Waals surface area (Å²) in [5, 5.41) is 1.74. The monoisotopic (exact) mass is 322 g/mol. The number of nitrogens with two attached hydrogens (primary N) is 1. The molecule has 4 aliphatic rings. The van der Waals surface area contributed by atoms with Crippen LogP contribution in [-0.2, 0) is 0 Å². The minimum atomic E-state index is 0.313. The van der Waals surface area contributed by atoms with Crippen LogP contribution in [0.2, 0.25) is 5.02 Å². The maximum absolute atomic E-state index is 6.68. The Morgan fingerprint density at radius 3 is 2.33 bits per heavy atom. The largest absolute Gasteiger partial charge is 0.326 e. The minimum Gasteiger partial charge on any atom is -0.326 e. The van der Waals surface area contributed by atoms with E-state index in [1.165, 1.54) is 38.5 Å². The van der Waals surface area contributed by atoms with Crippen LogP contribution in [0.4, 0.5) is 0 Å². The molecule has 4 fully saturated rings. The topological polar surface area (TPSA) is 38.9 Å². The van der Waals surface area contributed by atoms with Crippen LogP contribution in [0.3, 0.4) is 0 Å². The summed E-state index contributed by atoms with van der Waals surface area (Å²) in [5.41, 5.74) is 7.11. The van der Waals surface area contributed by atoms with Crippen LogP contribution < -0.4 is 5.73 Å². The summed E-state index contributed by atoms with van der Waals surface area (Å²) < 4.78 is 0. The van der Waals surface area contributed by atoms with Gasteiger partial charge in [-0.1, -0.05) is 11.6 Å². The lowest BCUT2D eigenvalue weighted by Crippen LogP contribution is -2.55. The van der Waals surface area contributed by atoms with Gasteiger partial charge in [-0.25, -0.2) is 4.98 Å². The molecule has 2 nitrogen and oxygen atoms in total. The third-order valence-corrected chi connectivity index (χ3v) is 7.27. The molecule has 0 aliphatic heterocycles. The fourth-order valence-corrected chi connectivity index (χ4v) is 6.54. The van der Waals surface area contributed by atoms with Crippen molar-refractivity contribution in [2.75, 3.05) is 5.75 Å². The van der Waals surface area contributed by atoms with E-state index in [9.17, 15) is 0 Å². The van der Waals surface area contributed by atoms with Crippen molar-refractivity contribution in [1.82, 2.24) is 4.98 Å². The molecule has 1 aromatic heterocycles. The first-order valence-electron chi connectivity index (χ1n) is 8.13. The molecule has 0 aromatic carbocycles. The van der Waals surface area contributed by atoms with Gasteiger partial charge >= 0.3 is 0 Å². The second-order valence-corrected chi connectivity index (χ2v) is 8.99. The van der Waals surface area contributed by atoms with Crippen LogP contribution in [0.25, 0.3) is 0 Å². The summed E-state index contributed by atoms with van der Waals surface area (Å²) in [7, 11) is 0. The summed E-state index contributed by atoms with van der Waals surface area (Å²) in [6.07, 6.45) is 10.3. The number of rotatable bonds is 4. The van der Waals surface area contributed by atoms with Gasteiger partial charge in [-0.2, -0.15) is 0 Å². The summed E-state index contributed by atoms with van der Waals surface area (Å²) >= 11 is 7.68. The van der Waals surface area contributed by atoms with Crippen molar-refractivity contribution in [3.63, 3.8) is 0 Å². The zero-order valence-electron chi connectivity index (χ0n) is 12.3. The molecule has 4 saturated carbocycles. The van der Waals surface area contributed by atoms with Crippen LogP contribution in [-0.4, -0.2) is 16.8 Å². The first-order chi connectivity index (χ1) is 10.1. The van der Waals surface area contributed by atoms with E-state index in [0.29, 0.717) is 16.5 Å². The van der Waals surface area contributed by atoms with Gasteiger partial charge in [-0.05, 0) is 73.8 Å². The number of halogens is 1. The van der Waals surface area contributed by atoms with Gasteiger partial charge in [0.05, 0.1) is 10.0 Å². The van der Waals surface area contributed by atoms with Crippen LogP contribution in [0.15, 0.2) is 23.4 Å². The summed E-state index contributed by atoms with van der Waals surface area (Å²) in [6, 6.07) is 4.22. The average Bonchev–Trinajstić information content (AvgIpc) is 2.45. The Balaban J connectivity index is 1.42. The second kappa shape index (κ2) is 5.43. The predicted octanol–water partition coefficient (Wildman–Crippen LogP) is 4.37. The molecule has 0 spiro atoms. The Morgan fingerprint density at radius 2 is 1.81 bits per heavy atom. The highest BCUT2D eigenvalue weighted by Gasteiger charge is 2.53. The highest BCUT2D eigenvalue weighted by atomic mass is 35.5. The van der Waals surface area contributed by atoms with Gasteiger partial charge in [-0.15, -0.1) is 11.8 Å². The van der Waals surface area contributed by atoms with E-state index in [1.807, 2.05) is 12.1 Å². The van der Waals surface area contributed by atoms with Crippen molar-refractivity contribution < 1.29 is 0 Å². The molecular formula is C17H23ClN2S. The second-order valence-electron chi connectivity index (χ2n) is 7.51. The van der Waals surface area contributed by atoms with Gasteiger partial charge in [0.1, 0.15) is 0 Å². The third kappa shape index (κ3) is 2.73. The fraction of sp³-hybridized carbons (Fsp3) is 0.706. The van der Waals surface area contributed by atoms with Gasteiger partial charge in [0.15, 0.2) is 0 Å². The predicted molar refractivity (Wildman–Crippen MR) is 88.6 cm³/mol. The Kier molecular flexibility index (Phi) is 3.71. The van der Waals surface area contributed by atoms with Crippen molar-refractivity contribution in [3.05, 3.63) is 23.4 Å². The quantitative estimate of drug-likeness (QED) is 0.836. The molecule has 21 heavy (non-hydrogen) atoms. The standard InChI is InChI=1S/C17H23ClN2S/c18-14-1-2-16(20-9-14)21-10-15(19)17-6-11-3-12(7-17)5-13(4-11)8-17/h1-2,9,11-13,15H,3-8,10,19H2. The molecule has 1 heterocycles. The molecule has 1 aromatic rings. The number of nitrogens with zero attached hydrogens (tertiary/aromatic N) is 1. The normalized spacial score (nSPS) is 38.7. The molecule has 1 unspecified atom stereocenters. The smallest absolute Gasteiger partial charge is 0.0961 e. The van der Waals surface area contributed by atoms with Crippen molar-refractivity contribution in [2.24, 2.45) is 28.9 Å². The van der Waals surface area contributed by atoms with Crippen molar-refractivity contribution >= 4 is 23.4 Å². The molecule has 0 amide bonds. The Hall–Kier alpha value is -0.250. The Labute approximate surface area is 136 Å². The molecular weight excluding hydrogens is 300 g/mol. The Morgan fingerprint density at radius 1 is 1.19 bits per heavy atom. The summed E-state index contributed by atoms with van der Waals surface area (Å²) in [5.74, 6) is 3.91. The lowest BCUT2D eigenvalue weighted by Gasteiger charge is -2.59. The first kappa shape index (κ1) is 14.3. The molecule has 0 radical (unpaired) electrons. The lowest BCUT2D eigenvalue weighted by molar-refractivity contribution is -0.0629. The molecule has 4 bridgehead atoms. The highest BCUT2D eigenvalue weighted by Crippen LogP contribution is 2.61. The number of pyridine rings is 1. The molecule has 0 saturated heterocycles. The molecule has 1 atom stereocenters. The molecule has 4 aliphatic carbocycles. The van der Waals surface area contributed by atoms with E-state index in [1.54, 1.807) is 18.0 Å². The van der Waals surface area contributed by atoms with Gasteiger partial charge in [-0.3, -0.25) is 0 Å². The average molecular weight is 323 g/mol. The molecule has 2 N–H and O–H groups in total. The first-order valence-corrected chi connectivity index (χ1v) is 9.49. The summed E-state index contributed by atoms with van der Waals surface area (Å²) in [4.78, 5) is 4.37. The van der Waals surface area contributed by atoms with Crippen LogP contribution in [0, 0.1) is 23.2 Å². The summed E-state index contributed by atoms with van der Waals surface area (Å²) in [6.45, 7) is 0. The van der Waals surface area contributed by atoms with Gasteiger partial charge in [0, 0.05) is 18.0 Å². The maximum Gasteiger partial charge on any atom is 0.0961 e. The van der Waals surface area contributed by atoms with E-state index in [4.69, 9.17) is 17.3 Å². The van der Waals surface area contributed by atoms with Crippen LogP contribution in [0.5, 0.6) is 0 Å². The van der Waals surface area contributed by atoms with Gasteiger partial charge in [0.25, 0.3) is 0 Å². The van der Waals surface area contributed by atoms with Crippen LogP contribution >= 0.6 is 23.4 Å². The van der Waals surface area contributed by atoms with Gasteiger partial charge < -0.3 is 5.73 Å². The molecule has 5 rings (SSSR count). The number of hydrogen-bond acceptors (Lipinski definition) is 3. The molecule has 114 valence electrons. The van der Waals surface area contributed by atoms with Crippen molar-refractivity contribution in [3.8, 4) is 0 Å². The van der Waals surface area contributed by atoms with Crippen molar-refractivity contribution in [2.45, 2.75) is 49.6 Å². The van der Waals surface area contributed by atoms with E-state index in [2.05, 4.69) is 4.98 Å². The SMILES string of the molecule is NC(CSc1ccc(Cl)cn1)C12CC3CC(CC(C3)C1)C2. The van der Waals surface area contributed by atoms with E-state index >= 15 is 0 Å². The highest BCUT2D eigenvalue weighted by molar-refractivity contribution is 7.99. The van der Waals surface area contributed by atoms with E-state index in [0.717, 1.165) is 28.5 Å². The number of hydrogen-bond donors (Lipinski definition) is 1. The number of aromatic nitrogens is 1.